The zero-order valence-electron chi connectivity index (χ0n) is 27.6. The average molecular weight is 663 g/mol. The smallest absolute Gasteiger partial charge is 0.0823 e. The SMILES string of the molecule is C=Nc1cscc1C(=N)c1cc(-c2ccccc2)cc(-c2ccccc2)c1.Cn1c2ccccc2c2ccc3c(ccn3-c3ccccc3)c21. The van der Waals surface area contributed by atoms with Crippen molar-refractivity contribution in [3.05, 3.63) is 180 Å². The summed E-state index contributed by atoms with van der Waals surface area (Å²) in [5.41, 5.74) is 12.4. The van der Waals surface area contributed by atoms with Crippen LogP contribution in [0.3, 0.4) is 0 Å². The number of nitrogens with zero attached hydrogens (tertiary/aromatic N) is 3. The van der Waals surface area contributed by atoms with E-state index in [9.17, 15) is 0 Å². The molecule has 0 aliphatic carbocycles. The molecule has 0 aliphatic rings. The van der Waals surface area contributed by atoms with Crippen molar-refractivity contribution in [1.82, 2.24) is 9.13 Å². The molecule has 0 amide bonds. The van der Waals surface area contributed by atoms with Gasteiger partial charge in [-0.2, -0.15) is 0 Å². The van der Waals surface area contributed by atoms with E-state index in [4.69, 9.17) is 5.41 Å². The molecule has 0 spiro atoms. The number of benzene rings is 6. The van der Waals surface area contributed by atoms with Crippen LogP contribution in [0, 0.1) is 5.41 Å². The quantitative estimate of drug-likeness (QED) is 0.172. The molecule has 0 aliphatic heterocycles. The highest BCUT2D eigenvalue weighted by Crippen LogP contribution is 2.35. The Morgan fingerprint density at radius 1 is 0.600 bits per heavy atom. The number of aliphatic imine (C=N–C) groups is 1. The van der Waals surface area contributed by atoms with Crippen LogP contribution in [-0.2, 0) is 7.05 Å². The summed E-state index contributed by atoms with van der Waals surface area (Å²) < 4.78 is 4.56. The molecule has 9 aromatic rings. The molecule has 4 nitrogen and oxygen atoms in total. The number of hydrogen-bond acceptors (Lipinski definition) is 3. The van der Waals surface area contributed by atoms with Crippen molar-refractivity contribution < 1.29 is 0 Å². The molecule has 0 saturated carbocycles. The standard InChI is InChI=1S/C24H18N2S.C21H16N2/c1-26-23-16-27-15-22(23)24(25)21-13-19(17-8-4-2-5-9-17)12-20(14-21)18-10-6-3-7-11-18;1-22-19-10-6-5-9-16(19)17-11-12-20-18(21(17)22)13-14-23(20)15-7-3-2-4-8-15/h2-16,25H,1H2;2-14H,1H3. The molecule has 50 heavy (non-hydrogen) atoms. The van der Waals surface area contributed by atoms with E-state index >= 15 is 0 Å². The molecule has 240 valence electrons. The highest BCUT2D eigenvalue weighted by atomic mass is 32.1. The molecule has 0 unspecified atom stereocenters. The van der Waals surface area contributed by atoms with Crippen molar-refractivity contribution in [2.45, 2.75) is 0 Å². The summed E-state index contributed by atoms with van der Waals surface area (Å²) >= 11 is 1.54. The van der Waals surface area contributed by atoms with Gasteiger partial charge < -0.3 is 9.13 Å². The fourth-order valence-corrected chi connectivity index (χ4v) is 7.60. The first kappa shape index (κ1) is 31.0. The first-order chi connectivity index (χ1) is 24.6. The van der Waals surface area contributed by atoms with Gasteiger partial charge in [-0.3, -0.25) is 10.4 Å². The van der Waals surface area contributed by atoms with Crippen LogP contribution >= 0.6 is 11.3 Å². The lowest BCUT2D eigenvalue weighted by Crippen LogP contribution is -2.01. The molecular weight excluding hydrogens is 629 g/mol. The highest BCUT2D eigenvalue weighted by Gasteiger charge is 2.15. The summed E-state index contributed by atoms with van der Waals surface area (Å²) in [7, 11) is 2.16. The van der Waals surface area contributed by atoms with Gasteiger partial charge in [0, 0.05) is 62.5 Å². The van der Waals surface area contributed by atoms with E-state index in [1.807, 2.05) is 47.2 Å². The van der Waals surface area contributed by atoms with Crippen LogP contribution in [0.2, 0.25) is 0 Å². The lowest BCUT2D eigenvalue weighted by Gasteiger charge is -2.12. The van der Waals surface area contributed by atoms with Gasteiger partial charge in [0.15, 0.2) is 0 Å². The highest BCUT2D eigenvalue weighted by molar-refractivity contribution is 7.08. The molecule has 0 radical (unpaired) electrons. The van der Waals surface area contributed by atoms with Crippen molar-refractivity contribution in [2.75, 3.05) is 0 Å². The number of hydrogen-bond donors (Lipinski definition) is 1. The zero-order valence-corrected chi connectivity index (χ0v) is 28.4. The molecule has 5 heteroatoms. The van der Waals surface area contributed by atoms with Crippen LogP contribution in [0.15, 0.2) is 174 Å². The van der Waals surface area contributed by atoms with Crippen molar-refractivity contribution in [3.8, 4) is 27.9 Å². The topological polar surface area (TPSA) is 46.1 Å². The minimum Gasteiger partial charge on any atom is -0.343 e. The van der Waals surface area contributed by atoms with E-state index in [0.717, 1.165) is 39.1 Å². The van der Waals surface area contributed by atoms with Gasteiger partial charge in [-0.15, -0.1) is 11.3 Å². The molecule has 0 saturated heterocycles. The van der Waals surface area contributed by atoms with Crippen molar-refractivity contribution >= 4 is 62.2 Å². The Morgan fingerprint density at radius 2 is 1.22 bits per heavy atom. The largest absolute Gasteiger partial charge is 0.343 e. The van der Waals surface area contributed by atoms with Crippen LogP contribution < -0.4 is 0 Å². The molecule has 0 bridgehead atoms. The van der Waals surface area contributed by atoms with E-state index in [-0.39, 0.29) is 0 Å². The summed E-state index contributed by atoms with van der Waals surface area (Å²) in [6, 6.07) is 52.7. The first-order valence-electron chi connectivity index (χ1n) is 16.5. The molecule has 3 heterocycles. The Balaban J connectivity index is 0.000000146. The van der Waals surface area contributed by atoms with Gasteiger partial charge in [0.25, 0.3) is 0 Å². The van der Waals surface area contributed by atoms with Gasteiger partial charge in [0.05, 0.1) is 22.4 Å². The predicted molar refractivity (Wildman–Crippen MR) is 214 cm³/mol. The number of nitrogens with one attached hydrogen (secondary N) is 1. The fraction of sp³-hybridized carbons (Fsp3) is 0.0222. The van der Waals surface area contributed by atoms with Crippen LogP contribution in [0.25, 0.3) is 60.6 Å². The van der Waals surface area contributed by atoms with E-state index in [2.05, 4.69) is 149 Å². The minimum atomic E-state index is 0.466. The van der Waals surface area contributed by atoms with E-state index in [0.29, 0.717) is 5.71 Å². The number of aryl methyl sites for hydroxylation is 1. The second-order valence-corrected chi connectivity index (χ2v) is 13.0. The second-order valence-electron chi connectivity index (χ2n) is 12.2. The maximum absolute atomic E-state index is 8.77. The number of fused-ring (bicyclic) bond motifs is 5. The predicted octanol–water partition coefficient (Wildman–Crippen LogP) is 12.1. The van der Waals surface area contributed by atoms with E-state index in [1.54, 1.807) is 11.3 Å². The summed E-state index contributed by atoms with van der Waals surface area (Å²) in [6.45, 7) is 3.63. The van der Waals surface area contributed by atoms with Gasteiger partial charge in [-0.1, -0.05) is 103 Å². The van der Waals surface area contributed by atoms with Gasteiger partial charge >= 0.3 is 0 Å². The number of thiophene rings is 1. The maximum atomic E-state index is 8.77. The molecule has 6 aromatic carbocycles. The summed E-state index contributed by atoms with van der Waals surface area (Å²) in [4.78, 5) is 4.06. The molecule has 9 rings (SSSR count). The summed E-state index contributed by atoms with van der Waals surface area (Å²) in [5, 5.41) is 16.6. The monoisotopic (exact) mass is 662 g/mol. The molecule has 0 atom stereocenters. The van der Waals surface area contributed by atoms with Crippen LogP contribution in [0.4, 0.5) is 5.69 Å². The van der Waals surface area contributed by atoms with Crippen LogP contribution in [0.5, 0.6) is 0 Å². The molecule has 1 N–H and O–H groups in total. The molecule has 3 aromatic heterocycles. The lowest BCUT2D eigenvalue weighted by molar-refractivity contribution is 1.02. The fourth-order valence-electron chi connectivity index (χ4n) is 6.83. The summed E-state index contributed by atoms with van der Waals surface area (Å²) in [5.74, 6) is 0. The Kier molecular flexibility index (Phi) is 8.25. The van der Waals surface area contributed by atoms with E-state index in [1.165, 1.54) is 38.4 Å². The maximum Gasteiger partial charge on any atom is 0.0823 e. The molecular formula is C45H34N4S. The second kappa shape index (κ2) is 13.3. The average Bonchev–Trinajstić information content (AvgIpc) is 3.92. The van der Waals surface area contributed by atoms with E-state index < -0.39 is 0 Å². The van der Waals surface area contributed by atoms with Crippen molar-refractivity contribution in [1.29, 1.82) is 5.41 Å². The van der Waals surface area contributed by atoms with Crippen LogP contribution in [-0.4, -0.2) is 21.6 Å². The van der Waals surface area contributed by atoms with Crippen molar-refractivity contribution in [2.24, 2.45) is 12.0 Å². The summed E-state index contributed by atoms with van der Waals surface area (Å²) in [6.07, 6.45) is 2.16. The lowest BCUT2D eigenvalue weighted by atomic mass is 9.93. The van der Waals surface area contributed by atoms with Gasteiger partial charge in [-0.05, 0) is 77.5 Å². The third-order valence-electron chi connectivity index (χ3n) is 9.29. The minimum absolute atomic E-state index is 0.466. The third kappa shape index (κ3) is 5.64. The Morgan fingerprint density at radius 3 is 1.88 bits per heavy atom. The number of rotatable bonds is 6. The van der Waals surface area contributed by atoms with Gasteiger partial charge in [0.1, 0.15) is 0 Å². The molecule has 0 fully saturated rings. The first-order valence-corrected chi connectivity index (χ1v) is 17.5. The van der Waals surface area contributed by atoms with Crippen molar-refractivity contribution in [3.63, 3.8) is 0 Å². The Bertz CT molecular complexity index is 2570. The third-order valence-corrected chi connectivity index (χ3v) is 10.0. The Hall–Kier alpha value is -6.30. The normalized spacial score (nSPS) is 11.1. The number of para-hydroxylation sites is 2. The van der Waals surface area contributed by atoms with Gasteiger partial charge in [-0.25, -0.2) is 0 Å². The van der Waals surface area contributed by atoms with Gasteiger partial charge in [0.2, 0.25) is 0 Å². The zero-order chi connectivity index (χ0) is 34.0. The number of aromatic nitrogens is 2. The van der Waals surface area contributed by atoms with Crippen LogP contribution in [0.1, 0.15) is 11.1 Å². The Labute approximate surface area is 295 Å².